The van der Waals surface area contributed by atoms with Crippen molar-refractivity contribution in [3.63, 3.8) is 0 Å². The summed E-state index contributed by atoms with van der Waals surface area (Å²) in [4.78, 5) is 25.2. The van der Waals surface area contributed by atoms with Crippen LogP contribution in [0.5, 0.6) is 0 Å². The number of para-hydroxylation sites is 1. The van der Waals surface area contributed by atoms with Gasteiger partial charge in [-0.25, -0.2) is 4.79 Å². The van der Waals surface area contributed by atoms with E-state index in [1.54, 1.807) is 0 Å². The van der Waals surface area contributed by atoms with E-state index >= 15 is 0 Å². The summed E-state index contributed by atoms with van der Waals surface area (Å²) in [7, 11) is 0. The van der Waals surface area contributed by atoms with Gasteiger partial charge in [-0.3, -0.25) is 4.79 Å². The van der Waals surface area contributed by atoms with E-state index in [1.807, 2.05) is 6.08 Å². The first-order chi connectivity index (χ1) is 17.5. The molecule has 3 aliphatic carbocycles. The van der Waals surface area contributed by atoms with Crippen LogP contribution in [0.2, 0.25) is 0 Å². The number of nitrogens with one attached hydrogen (secondary N) is 1. The summed E-state index contributed by atoms with van der Waals surface area (Å²) < 4.78 is 87.4. The predicted molar refractivity (Wildman–Crippen MR) is 127 cm³/mol. The Morgan fingerprint density at radius 1 is 1.03 bits per heavy atom. The Morgan fingerprint density at radius 3 is 2.26 bits per heavy atom. The van der Waals surface area contributed by atoms with Crippen LogP contribution in [0.3, 0.4) is 0 Å². The van der Waals surface area contributed by atoms with Crippen molar-refractivity contribution in [2.24, 2.45) is 40.4 Å². The van der Waals surface area contributed by atoms with Gasteiger partial charge in [0, 0.05) is 17.4 Å². The quantitative estimate of drug-likeness (QED) is 0.316. The molecule has 0 radical (unpaired) electrons. The molecule has 8 atom stereocenters. The standard InChI is InChI=1S/C28H31F6NO3/c1-14-11-20-26(3,10-8-21(36)38-20)16-7-9-25(2)13-15(12-19(25)22(14)16)24(37)35-23-17(27(29,30)31)5-4-6-18(23)28(32,33)34/h4-6,8,10,14-16,19-20,22H,7,9,11-13H2,1-3H3,(H,35,37)/t14-,15-,16-,19-,20+,22+,25+,26+/m0/s1. The van der Waals surface area contributed by atoms with Gasteiger partial charge in [-0.05, 0) is 73.3 Å². The fourth-order valence-corrected chi connectivity index (χ4v) is 8.18. The fraction of sp³-hybridized carbons (Fsp3) is 0.643. The van der Waals surface area contributed by atoms with Crippen molar-refractivity contribution in [3.8, 4) is 0 Å². The molecule has 208 valence electrons. The lowest BCUT2D eigenvalue weighted by atomic mass is 9.47. The van der Waals surface area contributed by atoms with Gasteiger partial charge < -0.3 is 10.1 Å². The minimum atomic E-state index is -5.06. The van der Waals surface area contributed by atoms with Crippen molar-refractivity contribution in [1.82, 2.24) is 0 Å². The molecule has 4 nitrogen and oxygen atoms in total. The van der Waals surface area contributed by atoms with Crippen LogP contribution in [-0.4, -0.2) is 18.0 Å². The summed E-state index contributed by atoms with van der Waals surface area (Å²) in [6.45, 7) is 6.29. The maximum atomic E-state index is 13.6. The zero-order valence-electron chi connectivity index (χ0n) is 21.4. The van der Waals surface area contributed by atoms with Gasteiger partial charge in [0.25, 0.3) is 0 Å². The van der Waals surface area contributed by atoms with Gasteiger partial charge in [-0.15, -0.1) is 0 Å². The van der Waals surface area contributed by atoms with E-state index in [9.17, 15) is 35.9 Å². The van der Waals surface area contributed by atoms with Crippen molar-refractivity contribution in [2.75, 3.05) is 5.32 Å². The molecule has 0 bridgehead atoms. The summed E-state index contributed by atoms with van der Waals surface area (Å²) in [5.74, 6) is -1.20. The van der Waals surface area contributed by atoms with E-state index in [2.05, 4.69) is 26.1 Å². The highest BCUT2D eigenvalue weighted by molar-refractivity contribution is 5.94. The normalized spacial score (nSPS) is 38.6. The highest BCUT2D eigenvalue weighted by Gasteiger charge is 2.62. The largest absolute Gasteiger partial charge is 0.458 e. The van der Waals surface area contributed by atoms with Gasteiger partial charge in [0.05, 0.1) is 16.8 Å². The summed E-state index contributed by atoms with van der Waals surface area (Å²) in [5.41, 5.74) is -4.86. The van der Waals surface area contributed by atoms with E-state index in [0.29, 0.717) is 37.5 Å². The summed E-state index contributed by atoms with van der Waals surface area (Å²) in [5, 5.41) is 2.05. The third-order valence-electron chi connectivity index (χ3n) is 9.97. The number of alkyl halides is 6. The van der Waals surface area contributed by atoms with Crippen molar-refractivity contribution >= 4 is 17.6 Å². The number of ether oxygens (including phenoxy) is 1. The van der Waals surface area contributed by atoms with E-state index in [1.165, 1.54) is 6.08 Å². The van der Waals surface area contributed by atoms with Gasteiger partial charge in [0.15, 0.2) is 0 Å². The first-order valence-electron chi connectivity index (χ1n) is 13.0. The number of halogens is 6. The number of hydrogen-bond acceptors (Lipinski definition) is 3. The molecule has 1 aliphatic heterocycles. The van der Waals surface area contributed by atoms with Crippen LogP contribution in [0, 0.1) is 40.4 Å². The maximum absolute atomic E-state index is 13.6. The molecular weight excluding hydrogens is 512 g/mol. The fourth-order valence-electron chi connectivity index (χ4n) is 8.18. The highest BCUT2D eigenvalue weighted by Crippen LogP contribution is 2.66. The molecule has 1 aromatic carbocycles. The third kappa shape index (κ3) is 4.31. The van der Waals surface area contributed by atoms with Gasteiger partial charge in [0.1, 0.15) is 6.10 Å². The number of fused-ring (bicyclic) bond motifs is 5. The van der Waals surface area contributed by atoms with Crippen molar-refractivity contribution < 1.29 is 40.7 Å². The summed E-state index contributed by atoms with van der Waals surface area (Å²) in [6, 6.07) is 1.80. The van der Waals surface area contributed by atoms with Crippen LogP contribution in [0.25, 0.3) is 0 Å². The van der Waals surface area contributed by atoms with Gasteiger partial charge >= 0.3 is 18.3 Å². The lowest BCUT2D eigenvalue weighted by Gasteiger charge is -2.59. The second-order valence-electron chi connectivity index (χ2n) is 12.2. The maximum Gasteiger partial charge on any atom is 0.418 e. The molecule has 1 N–H and O–H groups in total. The van der Waals surface area contributed by atoms with E-state index in [-0.39, 0.29) is 46.6 Å². The van der Waals surface area contributed by atoms with E-state index in [4.69, 9.17) is 4.74 Å². The van der Waals surface area contributed by atoms with Crippen molar-refractivity contribution in [2.45, 2.75) is 71.3 Å². The molecule has 38 heavy (non-hydrogen) atoms. The molecule has 0 unspecified atom stereocenters. The van der Waals surface area contributed by atoms with Gasteiger partial charge in [-0.1, -0.05) is 32.9 Å². The zero-order valence-corrected chi connectivity index (χ0v) is 21.4. The molecule has 4 aliphatic rings. The number of carbonyl (C=O) groups is 2. The van der Waals surface area contributed by atoms with Crippen molar-refractivity contribution in [3.05, 3.63) is 41.5 Å². The predicted octanol–water partition coefficient (Wildman–Crippen LogP) is 7.25. The van der Waals surface area contributed by atoms with E-state index < -0.39 is 41.0 Å². The Labute approximate surface area is 217 Å². The average molecular weight is 544 g/mol. The number of anilines is 1. The molecule has 1 aromatic rings. The smallest absolute Gasteiger partial charge is 0.418 e. The number of hydrogen-bond donors (Lipinski definition) is 1. The molecule has 0 aromatic heterocycles. The molecular formula is C28H31F6NO3. The second-order valence-corrected chi connectivity index (χ2v) is 12.2. The molecule has 1 amide bonds. The lowest BCUT2D eigenvalue weighted by Crippen LogP contribution is -2.57. The number of esters is 1. The van der Waals surface area contributed by atoms with Gasteiger partial charge in [-0.2, -0.15) is 26.3 Å². The highest BCUT2D eigenvalue weighted by atomic mass is 19.4. The SMILES string of the molecule is C[C@H]1C[C@H]2OC(=O)C=C[C@]2(C)[C@H]2CC[C@]3(C)C[C@@H](C(=O)Nc4c(C(F)(F)F)cccc4C(F)(F)F)C[C@H]3[C@H]12. The Morgan fingerprint density at radius 2 is 1.66 bits per heavy atom. The van der Waals surface area contributed by atoms with Crippen LogP contribution in [0.1, 0.15) is 64.0 Å². The monoisotopic (exact) mass is 543 g/mol. The van der Waals surface area contributed by atoms with Gasteiger partial charge in [0.2, 0.25) is 5.91 Å². The number of carbonyl (C=O) groups excluding carboxylic acids is 2. The molecule has 0 saturated heterocycles. The minimum Gasteiger partial charge on any atom is -0.458 e. The van der Waals surface area contributed by atoms with Crippen LogP contribution in [-0.2, 0) is 26.7 Å². The summed E-state index contributed by atoms with van der Waals surface area (Å²) in [6.07, 6.45) is -3.84. The Bertz CT molecular complexity index is 1140. The number of benzene rings is 1. The molecule has 10 heteroatoms. The first-order valence-corrected chi connectivity index (χ1v) is 13.0. The third-order valence-corrected chi connectivity index (χ3v) is 9.97. The first kappa shape index (κ1) is 27.1. The zero-order chi connectivity index (χ0) is 27.8. The van der Waals surface area contributed by atoms with Crippen LogP contribution >= 0.6 is 0 Å². The van der Waals surface area contributed by atoms with E-state index in [0.717, 1.165) is 12.8 Å². The summed E-state index contributed by atoms with van der Waals surface area (Å²) >= 11 is 0. The van der Waals surface area contributed by atoms with Crippen molar-refractivity contribution in [1.29, 1.82) is 0 Å². The number of amides is 1. The van der Waals surface area contributed by atoms with Crippen LogP contribution in [0.4, 0.5) is 32.0 Å². The number of rotatable bonds is 2. The van der Waals surface area contributed by atoms with Crippen LogP contribution < -0.4 is 5.32 Å². The Hall–Kier alpha value is -2.52. The molecule has 1 heterocycles. The Kier molecular flexibility index (Phi) is 6.23. The molecule has 3 saturated carbocycles. The minimum absolute atomic E-state index is 0.0794. The average Bonchev–Trinajstić information content (AvgIpc) is 3.17. The topological polar surface area (TPSA) is 55.4 Å². The second kappa shape index (κ2) is 8.74. The molecule has 0 spiro atoms. The Balaban J connectivity index is 1.43. The molecule has 5 rings (SSSR count). The van der Waals surface area contributed by atoms with Crippen LogP contribution in [0.15, 0.2) is 30.4 Å². The lowest BCUT2D eigenvalue weighted by molar-refractivity contribution is -0.173. The molecule has 3 fully saturated rings.